The number of hydrogen-bond donors (Lipinski definition) is 1. The SMILES string of the molecule is NCc1nccc2c(Br)coc12. The fourth-order valence-electron chi connectivity index (χ4n) is 1.13. The number of halogens is 1. The van der Waals surface area contributed by atoms with Crippen LogP contribution in [0.25, 0.3) is 11.0 Å². The number of pyridine rings is 1. The minimum Gasteiger partial charge on any atom is -0.461 e. The first-order valence-electron chi connectivity index (χ1n) is 3.53. The molecule has 2 aromatic heterocycles. The fraction of sp³-hybridized carbons (Fsp3) is 0.125. The Hall–Kier alpha value is -0.870. The Bertz CT molecular complexity index is 410. The van der Waals surface area contributed by atoms with Crippen LogP contribution in [0, 0.1) is 0 Å². The van der Waals surface area contributed by atoms with Gasteiger partial charge in [0.25, 0.3) is 0 Å². The summed E-state index contributed by atoms with van der Waals surface area (Å²) in [5, 5.41) is 1.02. The van der Waals surface area contributed by atoms with Crippen molar-refractivity contribution in [3.05, 3.63) is 28.7 Å². The van der Waals surface area contributed by atoms with E-state index >= 15 is 0 Å². The molecule has 2 N–H and O–H groups in total. The first kappa shape index (κ1) is 7.76. The van der Waals surface area contributed by atoms with Gasteiger partial charge in [-0.3, -0.25) is 4.98 Å². The molecule has 0 radical (unpaired) electrons. The summed E-state index contributed by atoms with van der Waals surface area (Å²) in [6.07, 6.45) is 3.37. The van der Waals surface area contributed by atoms with E-state index in [1.807, 2.05) is 6.07 Å². The molecule has 3 nitrogen and oxygen atoms in total. The van der Waals surface area contributed by atoms with E-state index in [0.717, 1.165) is 21.1 Å². The average molecular weight is 227 g/mol. The van der Waals surface area contributed by atoms with Crippen LogP contribution < -0.4 is 5.73 Å². The van der Waals surface area contributed by atoms with Gasteiger partial charge in [-0.05, 0) is 22.0 Å². The highest BCUT2D eigenvalue weighted by Gasteiger charge is 2.06. The fourth-order valence-corrected chi connectivity index (χ4v) is 1.54. The zero-order chi connectivity index (χ0) is 8.55. The summed E-state index contributed by atoms with van der Waals surface area (Å²) in [7, 11) is 0. The molecule has 0 saturated heterocycles. The summed E-state index contributed by atoms with van der Waals surface area (Å²) in [6.45, 7) is 0.400. The largest absolute Gasteiger partial charge is 0.461 e. The van der Waals surface area contributed by atoms with Crippen molar-refractivity contribution in [3.8, 4) is 0 Å². The zero-order valence-electron chi connectivity index (χ0n) is 6.25. The second-order valence-corrected chi connectivity index (χ2v) is 3.28. The molecular formula is C8H7BrN2O. The van der Waals surface area contributed by atoms with Crippen molar-refractivity contribution >= 4 is 26.9 Å². The lowest BCUT2D eigenvalue weighted by molar-refractivity contribution is 0.606. The predicted octanol–water partition coefficient (Wildman–Crippen LogP) is 2.05. The quantitative estimate of drug-likeness (QED) is 0.810. The first-order chi connectivity index (χ1) is 5.83. The van der Waals surface area contributed by atoms with Crippen LogP contribution in [-0.4, -0.2) is 4.98 Å². The average Bonchev–Trinajstić information content (AvgIpc) is 2.48. The summed E-state index contributed by atoms with van der Waals surface area (Å²) in [4.78, 5) is 4.10. The van der Waals surface area contributed by atoms with Gasteiger partial charge in [-0.25, -0.2) is 0 Å². The normalized spacial score (nSPS) is 10.8. The van der Waals surface area contributed by atoms with Crippen molar-refractivity contribution in [1.82, 2.24) is 4.98 Å². The van der Waals surface area contributed by atoms with Crippen molar-refractivity contribution in [2.24, 2.45) is 5.73 Å². The molecule has 0 aliphatic carbocycles. The number of furan rings is 1. The van der Waals surface area contributed by atoms with Crippen LogP contribution in [0.4, 0.5) is 0 Å². The van der Waals surface area contributed by atoms with Gasteiger partial charge in [-0.2, -0.15) is 0 Å². The van der Waals surface area contributed by atoms with E-state index in [4.69, 9.17) is 10.2 Å². The maximum Gasteiger partial charge on any atom is 0.157 e. The van der Waals surface area contributed by atoms with Crippen LogP contribution in [-0.2, 0) is 6.54 Å². The highest BCUT2D eigenvalue weighted by Crippen LogP contribution is 2.26. The molecule has 2 rings (SSSR count). The van der Waals surface area contributed by atoms with E-state index in [0.29, 0.717) is 6.54 Å². The first-order valence-corrected chi connectivity index (χ1v) is 4.33. The molecule has 0 saturated carbocycles. The van der Waals surface area contributed by atoms with Gasteiger partial charge in [0.1, 0.15) is 6.26 Å². The topological polar surface area (TPSA) is 52.0 Å². The zero-order valence-corrected chi connectivity index (χ0v) is 7.84. The molecule has 0 aliphatic rings. The summed E-state index contributed by atoms with van der Waals surface area (Å²) in [6, 6.07) is 1.89. The molecule has 0 fully saturated rings. The van der Waals surface area contributed by atoms with E-state index in [9.17, 15) is 0 Å². The van der Waals surface area contributed by atoms with Gasteiger partial charge in [0.2, 0.25) is 0 Å². The van der Waals surface area contributed by atoms with Crippen molar-refractivity contribution in [1.29, 1.82) is 0 Å². The Morgan fingerprint density at radius 2 is 2.42 bits per heavy atom. The lowest BCUT2D eigenvalue weighted by Crippen LogP contribution is -1.98. The van der Waals surface area contributed by atoms with Crippen LogP contribution >= 0.6 is 15.9 Å². The van der Waals surface area contributed by atoms with E-state index < -0.39 is 0 Å². The monoisotopic (exact) mass is 226 g/mol. The van der Waals surface area contributed by atoms with E-state index in [1.54, 1.807) is 12.5 Å². The van der Waals surface area contributed by atoms with Crippen LogP contribution in [0.3, 0.4) is 0 Å². The van der Waals surface area contributed by atoms with Gasteiger partial charge < -0.3 is 10.2 Å². The predicted molar refractivity (Wildman–Crippen MR) is 49.6 cm³/mol. The molecule has 0 atom stereocenters. The maximum absolute atomic E-state index is 5.49. The van der Waals surface area contributed by atoms with Gasteiger partial charge >= 0.3 is 0 Å². The Balaban J connectivity index is 2.81. The van der Waals surface area contributed by atoms with Crippen LogP contribution in [0.15, 0.2) is 27.4 Å². The lowest BCUT2D eigenvalue weighted by Gasteiger charge is -1.94. The molecule has 4 heteroatoms. The second-order valence-electron chi connectivity index (χ2n) is 2.42. The smallest absolute Gasteiger partial charge is 0.157 e. The van der Waals surface area contributed by atoms with Crippen LogP contribution in [0.1, 0.15) is 5.69 Å². The Morgan fingerprint density at radius 1 is 1.58 bits per heavy atom. The molecule has 62 valence electrons. The molecule has 0 aromatic carbocycles. The number of hydrogen-bond acceptors (Lipinski definition) is 3. The standard InChI is InChI=1S/C8H7BrN2O/c9-6-4-12-8-5(6)1-2-11-7(8)3-10/h1-2,4H,3,10H2. The molecule has 0 aliphatic heterocycles. The number of fused-ring (bicyclic) bond motifs is 1. The number of aromatic nitrogens is 1. The Kier molecular flexibility index (Phi) is 1.86. The van der Waals surface area contributed by atoms with E-state index in [-0.39, 0.29) is 0 Å². The second kappa shape index (κ2) is 2.88. The molecule has 12 heavy (non-hydrogen) atoms. The molecular weight excluding hydrogens is 220 g/mol. The van der Waals surface area contributed by atoms with Crippen molar-refractivity contribution < 1.29 is 4.42 Å². The van der Waals surface area contributed by atoms with Crippen molar-refractivity contribution in [2.45, 2.75) is 6.54 Å². The van der Waals surface area contributed by atoms with Gasteiger partial charge in [-0.15, -0.1) is 0 Å². The number of nitrogens with two attached hydrogens (primary N) is 1. The third kappa shape index (κ3) is 1.04. The number of nitrogens with zero attached hydrogens (tertiary/aromatic N) is 1. The van der Waals surface area contributed by atoms with Crippen LogP contribution in [0.2, 0.25) is 0 Å². The van der Waals surface area contributed by atoms with Gasteiger partial charge in [-0.1, -0.05) is 0 Å². The summed E-state index contributed by atoms with van der Waals surface area (Å²) < 4.78 is 6.22. The minimum atomic E-state index is 0.400. The summed E-state index contributed by atoms with van der Waals surface area (Å²) >= 11 is 3.37. The third-order valence-electron chi connectivity index (χ3n) is 1.71. The number of rotatable bonds is 1. The van der Waals surface area contributed by atoms with Crippen molar-refractivity contribution in [3.63, 3.8) is 0 Å². The molecule has 2 heterocycles. The van der Waals surface area contributed by atoms with Crippen LogP contribution in [0.5, 0.6) is 0 Å². The van der Waals surface area contributed by atoms with E-state index in [1.165, 1.54) is 0 Å². The van der Waals surface area contributed by atoms with E-state index in [2.05, 4.69) is 20.9 Å². The molecule has 0 spiro atoms. The van der Waals surface area contributed by atoms with Gasteiger partial charge in [0, 0.05) is 18.1 Å². The van der Waals surface area contributed by atoms with Crippen molar-refractivity contribution in [2.75, 3.05) is 0 Å². The summed E-state index contributed by atoms with van der Waals surface area (Å²) in [5.41, 5.74) is 7.05. The molecule has 2 aromatic rings. The summed E-state index contributed by atoms with van der Waals surface area (Å²) in [5.74, 6) is 0. The maximum atomic E-state index is 5.49. The minimum absolute atomic E-state index is 0.400. The Labute approximate surface area is 77.7 Å². The lowest BCUT2D eigenvalue weighted by atomic mass is 10.2. The molecule has 0 amide bonds. The highest BCUT2D eigenvalue weighted by atomic mass is 79.9. The molecule has 0 unspecified atom stereocenters. The highest BCUT2D eigenvalue weighted by molar-refractivity contribution is 9.10. The third-order valence-corrected chi connectivity index (χ3v) is 2.32. The van der Waals surface area contributed by atoms with Gasteiger partial charge in [0.15, 0.2) is 5.58 Å². The molecule has 0 bridgehead atoms. The van der Waals surface area contributed by atoms with Gasteiger partial charge in [0.05, 0.1) is 10.2 Å². The Morgan fingerprint density at radius 3 is 3.17 bits per heavy atom.